The normalized spacial score (nSPS) is 20.4. The van der Waals surface area contributed by atoms with Crippen LogP contribution in [0, 0.1) is 5.92 Å². The summed E-state index contributed by atoms with van der Waals surface area (Å²) in [5.41, 5.74) is 1.44. The Hall–Kier alpha value is -3.64. The molecule has 0 bridgehead atoms. The van der Waals surface area contributed by atoms with Gasteiger partial charge in [0, 0.05) is 61.0 Å². The first kappa shape index (κ1) is 30.0. The molecule has 9 nitrogen and oxygen atoms in total. The number of hydrogen-bond acceptors (Lipinski definition) is 7. The molecular weight excluding hydrogens is 652 g/mol. The molecule has 2 aliphatic rings. The molecule has 2 aliphatic heterocycles. The number of thiazole rings is 1. The average molecular weight is 688 g/mol. The van der Waals surface area contributed by atoms with Crippen molar-refractivity contribution in [2.24, 2.45) is 5.92 Å². The lowest BCUT2D eigenvalue weighted by atomic mass is 9.79. The van der Waals surface area contributed by atoms with Gasteiger partial charge in [0.15, 0.2) is 9.56 Å². The predicted molar refractivity (Wildman–Crippen MR) is 178 cm³/mol. The number of para-hydroxylation sites is 1. The third-order valence-electron chi connectivity index (χ3n) is 9.32. The number of nitrogens with zero attached hydrogens (tertiary/aromatic N) is 6. The van der Waals surface area contributed by atoms with Crippen LogP contribution >= 0.6 is 27.3 Å². The van der Waals surface area contributed by atoms with E-state index in [0.29, 0.717) is 37.0 Å². The molecule has 0 saturated carbocycles. The monoisotopic (exact) mass is 686 g/mol. The van der Waals surface area contributed by atoms with Gasteiger partial charge in [-0.15, -0.1) is 11.3 Å². The zero-order valence-electron chi connectivity index (χ0n) is 24.8. The lowest BCUT2D eigenvalue weighted by molar-refractivity contribution is -0.142. The number of hydrogen-bond donors (Lipinski definition) is 1. The Morgan fingerprint density at radius 2 is 1.73 bits per heavy atom. The second kappa shape index (κ2) is 12.6. The Morgan fingerprint density at radius 1 is 1.00 bits per heavy atom. The molecule has 2 fully saturated rings. The van der Waals surface area contributed by atoms with Gasteiger partial charge in [0.25, 0.3) is 5.56 Å². The summed E-state index contributed by atoms with van der Waals surface area (Å²) in [5.74, 6) is 0.128. The van der Waals surface area contributed by atoms with Crippen molar-refractivity contribution in [2.45, 2.75) is 43.9 Å². The average Bonchev–Trinajstić information content (AvgIpc) is 3.69. The molecule has 7 rings (SSSR count). The smallest absolute Gasteiger partial charge is 0.262 e. The number of benzene rings is 2. The molecule has 0 radical (unpaired) electrons. The van der Waals surface area contributed by atoms with Crippen molar-refractivity contribution in [3.8, 4) is 5.69 Å². The summed E-state index contributed by atoms with van der Waals surface area (Å²) in [7, 11) is 0. The molecule has 45 heavy (non-hydrogen) atoms. The number of likely N-dealkylation sites (tertiary alicyclic amines) is 2. The number of piperidine rings is 2. The van der Waals surface area contributed by atoms with Crippen LogP contribution in [0.15, 0.2) is 94.2 Å². The number of halogens is 1. The van der Waals surface area contributed by atoms with Crippen LogP contribution < -0.4 is 5.56 Å². The van der Waals surface area contributed by atoms with Crippen molar-refractivity contribution in [3.05, 3.63) is 110 Å². The number of carbonyl (C=O) groups excluding carboxylic acids is 1. The van der Waals surface area contributed by atoms with Crippen molar-refractivity contribution in [3.63, 3.8) is 0 Å². The van der Waals surface area contributed by atoms with E-state index < -0.39 is 5.60 Å². The van der Waals surface area contributed by atoms with E-state index in [1.807, 2.05) is 70.4 Å². The molecule has 232 valence electrons. The molecule has 1 amide bonds. The number of amides is 1. The van der Waals surface area contributed by atoms with Crippen LogP contribution in [0.3, 0.4) is 0 Å². The molecule has 0 unspecified atom stereocenters. The Balaban J connectivity index is 1.03. The molecule has 0 aliphatic carbocycles. The van der Waals surface area contributed by atoms with E-state index in [9.17, 15) is 14.7 Å². The van der Waals surface area contributed by atoms with Crippen molar-refractivity contribution in [2.75, 3.05) is 26.2 Å². The molecule has 2 aromatic carbocycles. The quantitative estimate of drug-likeness (QED) is 0.257. The van der Waals surface area contributed by atoms with E-state index in [4.69, 9.17) is 0 Å². The molecular formula is C34H35BrN6O3S. The summed E-state index contributed by atoms with van der Waals surface area (Å²) in [6, 6.07) is 21.9. The Bertz CT molecular complexity index is 1850. The highest BCUT2D eigenvalue weighted by Gasteiger charge is 2.41. The van der Waals surface area contributed by atoms with Gasteiger partial charge >= 0.3 is 0 Å². The highest BCUT2D eigenvalue weighted by atomic mass is 79.9. The minimum Gasteiger partial charge on any atom is -0.388 e. The zero-order valence-corrected chi connectivity index (χ0v) is 27.2. The van der Waals surface area contributed by atoms with E-state index in [2.05, 4.69) is 42.9 Å². The highest BCUT2D eigenvalue weighted by Crippen LogP contribution is 2.36. The Labute approximate surface area is 273 Å². The number of aliphatic hydroxyl groups is 1. The summed E-state index contributed by atoms with van der Waals surface area (Å²) < 4.78 is 4.29. The molecule has 5 heterocycles. The number of carbonyl (C=O) groups is 1. The molecule has 5 aromatic rings. The molecule has 0 spiro atoms. The van der Waals surface area contributed by atoms with Gasteiger partial charge in [0.1, 0.15) is 6.33 Å². The summed E-state index contributed by atoms with van der Waals surface area (Å²) in [6.07, 6.45) is 6.89. The maximum absolute atomic E-state index is 14.0. The second-order valence-corrected chi connectivity index (χ2v) is 14.6. The van der Waals surface area contributed by atoms with Gasteiger partial charge in [-0.2, -0.15) is 0 Å². The third-order valence-corrected chi connectivity index (χ3v) is 10.8. The van der Waals surface area contributed by atoms with Gasteiger partial charge in [-0.25, -0.2) is 9.97 Å². The molecule has 11 heteroatoms. The van der Waals surface area contributed by atoms with Crippen molar-refractivity contribution >= 4 is 44.2 Å². The fraction of sp³-hybridized carbons (Fsp3) is 0.353. The van der Waals surface area contributed by atoms with Crippen LogP contribution in [0.1, 0.15) is 35.6 Å². The first-order chi connectivity index (χ1) is 21.9. The number of fused-ring (bicyclic) bond motifs is 1. The number of rotatable bonds is 7. The molecule has 2 saturated heterocycles. The van der Waals surface area contributed by atoms with Crippen LogP contribution in [0.2, 0.25) is 0 Å². The van der Waals surface area contributed by atoms with Gasteiger partial charge in [-0.05, 0) is 65.5 Å². The van der Waals surface area contributed by atoms with E-state index in [0.717, 1.165) is 35.7 Å². The Morgan fingerprint density at radius 3 is 2.44 bits per heavy atom. The standard InChI is InChI=1S/C34H35BrN6O3S/c35-33-36-19-26(45-33)20-38-15-11-27(29(21-38)24-7-3-1-4-8-24)31(42)39-17-13-34(44,14-18-39)22-40-23-37-30-28(32(40)43)12-16-41(30)25-9-5-2-6-10-25/h1-10,12,16,19,23,27,29,44H,11,13-15,17-18,20-22H2/t27-,29+/m1/s1. The lowest BCUT2D eigenvalue weighted by Crippen LogP contribution is -2.53. The van der Waals surface area contributed by atoms with Crippen LogP contribution in [0.4, 0.5) is 0 Å². The second-order valence-electron chi connectivity index (χ2n) is 12.2. The topological polar surface area (TPSA) is 96.5 Å². The van der Waals surface area contributed by atoms with Gasteiger partial charge < -0.3 is 14.6 Å². The maximum Gasteiger partial charge on any atom is 0.262 e. The van der Waals surface area contributed by atoms with E-state index in [1.165, 1.54) is 21.3 Å². The largest absolute Gasteiger partial charge is 0.388 e. The minimum absolute atomic E-state index is 0.0872. The summed E-state index contributed by atoms with van der Waals surface area (Å²) in [5, 5.41) is 12.1. The SMILES string of the molecule is O=C([C@@H]1CCN(Cc2cnc(Br)s2)C[C@H]1c1ccccc1)N1CCC(O)(Cn2cnc3c(ccn3-c3ccccc3)c2=O)CC1. The van der Waals surface area contributed by atoms with Crippen LogP contribution in [0.5, 0.6) is 0 Å². The lowest BCUT2D eigenvalue weighted by Gasteiger charge is -2.43. The van der Waals surface area contributed by atoms with Crippen LogP contribution in [-0.2, 0) is 17.9 Å². The third kappa shape index (κ3) is 6.27. The predicted octanol–water partition coefficient (Wildman–Crippen LogP) is 5.07. The maximum atomic E-state index is 14.0. The Kier molecular flexibility index (Phi) is 8.43. The van der Waals surface area contributed by atoms with Crippen molar-refractivity contribution in [1.82, 2.24) is 28.9 Å². The van der Waals surface area contributed by atoms with E-state index in [1.54, 1.807) is 17.4 Å². The fourth-order valence-corrected chi connectivity index (χ4v) is 8.29. The van der Waals surface area contributed by atoms with Crippen molar-refractivity contribution in [1.29, 1.82) is 0 Å². The van der Waals surface area contributed by atoms with Gasteiger partial charge in [0.05, 0.1) is 17.5 Å². The first-order valence-corrected chi connectivity index (χ1v) is 17.0. The van der Waals surface area contributed by atoms with Gasteiger partial charge in [-0.1, -0.05) is 48.5 Å². The molecule has 2 atom stereocenters. The van der Waals surface area contributed by atoms with Crippen molar-refractivity contribution < 1.29 is 9.90 Å². The zero-order chi connectivity index (χ0) is 31.0. The van der Waals surface area contributed by atoms with Crippen LogP contribution in [0.25, 0.3) is 16.7 Å². The molecule has 1 N–H and O–H groups in total. The van der Waals surface area contributed by atoms with Crippen LogP contribution in [-0.4, -0.2) is 71.7 Å². The molecule has 3 aromatic heterocycles. The number of aromatic nitrogens is 4. The fourth-order valence-electron chi connectivity index (χ4n) is 6.89. The van der Waals surface area contributed by atoms with Gasteiger partial charge in [-0.3, -0.25) is 19.1 Å². The summed E-state index contributed by atoms with van der Waals surface area (Å²) in [6.45, 7) is 3.53. The highest BCUT2D eigenvalue weighted by molar-refractivity contribution is 9.11. The summed E-state index contributed by atoms with van der Waals surface area (Å²) >= 11 is 5.12. The summed E-state index contributed by atoms with van der Waals surface area (Å²) in [4.78, 5) is 41.9. The van der Waals surface area contributed by atoms with E-state index >= 15 is 0 Å². The van der Waals surface area contributed by atoms with Gasteiger partial charge in [0.2, 0.25) is 5.91 Å². The first-order valence-electron chi connectivity index (χ1n) is 15.4. The minimum atomic E-state index is -1.09. The van der Waals surface area contributed by atoms with E-state index in [-0.39, 0.29) is 29.8 Å².